The van der Waals surface area contributed by atoms with Gasteiger partial charge in [-0.3, -0.25) is 10.1 Å². The van der Waals surface area contributed by atoms with Crippen molar-refractivity contribution in [2.45, 2.75) is 65.2 Å². The van der Waals surface area contributed by atoms with Gasteiger partial charge in [-0.2, -0.15) is 0 Å². The summed E-state index contributed by atoms with van der Waals surface area (Å²) in [5.74, 6) is 0.780. The first-order chi connectivity index (χ1) is 10.0. The van der Waals surface area contributed by atoms with Crippen LogP contribution in [0.4, 0.5) is 0 Å². The zero-order chi connectivity index (χ0) is 15.4. The first kappa shape index (κ1) is 16.0. The Labute approximate surface area is 128 Å². The minimum atomic E-state index is -0.0467. The summed E-state index contributed by atoms with van der Waals surface area (Å²) < 4.78 is 0. The highest BCUT2D eigenvalue weighted by atomic mass is 16.2. The van der Waals surface area contributed by atoms with E-state index in [1.54, 1.807) is 0 Å². The summed E-state index contributed by atoms with van der Waals surface area (Å²) in [6.07, 6.45) is 3.06. The van der Waals surface area contributed by atoms with Crippen LogP contribution in [0.1, 0.15) is 58.7 Å². The van der Waals surface area contributed by atoms with Crippen molar-refractivity contribution in [2.75, 3.05) is 0 Å². The molecule has 1 N–H and O–H groups in total. The molecular weight excluding hydrogens is 260 g/mol. The van der Waals surface area contributed by atoms with Crippen LogP contribution in [0.25, 0.3) is 0 Å². The van der Waals surface area contributed by atoms with Gasteiger partial charge < -0.3 is 4.90 Å². The summed E-state index contributed by atoms with van der Waals surface area (Å²) in [6.45, 7) is 8.68. The molecule has 1 fully saturated rings. The molecule has 1 aromatic carbocycles. The van der Waals surface area contributed by atoms with E-state index in [4.69, 9.17) is 0 Å². The molecule has 3 nitrogen and oxygen atoms in total. The van der Waals surface area contributed by atoms with Crippen LogP contribution in [0.2, 0.25) is 0 Å². The number of hydrogen-bond acceptors (Lipinski definition) is 2. The molecule has 0 saturated carbocycles. The molecular formula is C18H28N2O. The molecule has 1 heterocycles. The number of rotatable bonds is 6. The van der Waals surface area contributed by atoms with Crippen LogP contribution in [-0.2, 0) is 4.79 Å². The third-order valence-electron chi connectivity index (χ3n) is 4.19. The fraction of sp³-hybridized carbons (Fsp3) is 0.611. The van der Waals surface area contributed by atoms with E-state index in [0.717, 1.165) is 19.3 Å². The lowest BCUT2D eigenvalue weighted by molar-refractivity contribution is -0.132. The quantitative estimate of drug-likeness (QED) is 0.865. The molecule has 21 heavy (non-hydrogen) atoms. The number of hydrogen-bond donors (Lipinski definition) is 1. The molecule has 1 aliphatic heterocycles. The second-order valence-corrected chi connectivity index (χ2v) is 6.55. The Hall–Kier alpha value is -1.35. The van der Waals surface area contributed by atoms with E-state index in [1.807, 2.05) is 18.2 Å². The molecule has 0 aliphatic carbocycles. The summed E-state index contributed by atoms with van der Waals surface area (Å²) in [5.41, 5.74) is 1.18. The van der Waals surface area contributed by atoms with E-state index >= 15 is 0 Å². The minimum absolute atomic E-state index is 0.0176. The van der Waals surface area contributed by atoms with Crippen molar-refractivity contribution in [1.29, 1.82) is 0 Å². The summed E-state index contributed by atoms with van der Waals surface area (Å²) in [5, 5.41) is 3.55. The highest BCUT2D eigenvalue weighted by Crippen LogP contribution is 2.30. The maximum absolute atomic E-state index is 12.8. The van der Waals surface area contributed by atoms with Gasteiger partial charge in [0.2, 0.25) is 5.91 Å². The lowest BCUT2D eigenvalue weighted by Gasteiger charge is -2.30. The van der Waals surface area contributed by atoms with Gasteiger partial charge in [0.05, 0.1) is 6.04 Å². The third-order valence-corrected chi connectivity index (χ3v) is 4.19. The summed E-state index contributed by atoms with van der Waals surface area (Å²) in [6, 6.07) is 10.5. The molecule has 0 radical (unpaired) electrons. The fourth-order valence-corrected chi connectivity index (χ4v) is 3.21. The summed E-state index contributed by atoms with van der Waals surface area (Å²) in [7, 11) is 0. The minimum Gasteiger partial charge on any atom is -0.319 e. The molecule has 0 spiro atoms. The molecule has 1 aliphatic rings. The van der Waals surface area contributed by atoms with Crippen molar-refractivity contribution in [3.63, 3.8) is 0 Å². The van der Waals surface area contributed by atoms with Gasteiger partial charge >= 0.3 is 0 Å². The predicted octanol–water partition coefficient (Wildman–Crippen LogP) is 3.72. The predicted molar refractivity (Wildman–Crippen MR) is 86.8 cm³/mol. The van der Waals surface area contributed by atoms with Crippen molar-refractivity contribution in [3.05, 3.63) is 35.9 Å². The van der Waals surface area contributed by atoms with E-state index in [-0.39, 0.29) is 24.2 Å². The first-order valence-electron chi connectivity index (χ1n) is 8.17. The van der Waals surface area contributed by atoms with Gasteiger partial charge in [0.15, 0.2) is 0 Å². The number of nitrogens with one attached hydrogen (secondary N) is 1. The average Bonchev–Trinajstić information content (AvgIpc) is 2.77. The standard InChI is InChI=1S/C18H28N2O/c1-5-9-14(4)20-17(15-10-7-6-8-11-15)19-16(18(20)21)12-13(2)3/h6-8,10-11,13-14,16-17,19H,5,9,12H2,1-4H3. The molecule has 3 unspecified atom stereocenters. The van der Waals surface area contributed by atoms with Crippen molar-refractivity contribution in [1.82, 2.24) is 10.2 Å². The zero-order valence-corrected chi connectivity index (χ0v) is 13.7. The molecule has 116 valence electrons. The number of carbonyl (C=O) groups excluding carboxylic acids is 1. The Kier molecular flexibility index (Phi) is 5.40. The second-order valence-electron chi connectivity index (χ2n) is 6.55. The molecule has 1 amide bonds. The number of amides is 1. The topological polar surface area (TPSA) is 32.3 Å². The van der Waals surface area contributed by atoms with Gasteiger partial charge in [-0.25, -0.2) is 0 Å². The normalized spacial score (nSPS) is 23.9. The SMILES string of the molecule is CCCC(C)N1C(=O)C(CC(C)C)NC1c1ccccc1. The van der Waals surface area contributed by atoms with Gasteiger partial charge in [0.25, 0.3) is 0 Å². The molecule has 0 bridgehead atoms. The second kappa shape index (κ2) is 7.08. The van der Waals surface area contributed by atoms with Crippen LogP contribution in [0.5, 0.6) is 0 Å². The van der Waals surface area contributed by atoms with Crippen LogP contribution in [0.15, 0.2) is 30.3 Å². The van der Waals surface area contributed by atoms with E-state index in [0.29, 0.717) is 5.92 Å². The average molecular weight is 288 g/mol. The summed E-state index contributed by atoms with van der Waals surface area (Å²) in [4.78, 5) is 14.9. The van der Waals surface area contributed by atoms with Crippen molar-refractivity contribution in [2.24, 2.45) is 5.92 Å². The van der Waals surface area contributed by atoms with Crippen LogP contribution in [-0.4, -0.2) is 22.9 Å². The maximum Gasteiger partial charge on any atom is 0.241 e. The molecule has 1 saturated heterocycles. The number of carbonyl (C=O) groups is 1. The van der Waals surface area contributed by atoms with Crippen LogP contribution < -0.4 is 5.32 Å². The van der Waals surface area contributed by atoms with Gasteiger partial charge in [-0.15, -0.1) is 0 Å². The first-order valence-corrected chi connectivity index (χ1v) is 8.17. The highest BCUT2D eigenvalue weighted by molar-refractivity contribution is 5.84. The smallest absolute Gasteiger partial charge is 0.241 e. The van der Waals surface area contributed by atoms with E-state index in [1.165, 1.54) is 5.56 Å². The van der Waals surface area contributed by atoms with Crippen molar-refractivity contribution >= 4 is 5.91 Å². The van der Waals surface area contributed by atoms with Crippen molar-refractivity contribution in [3.8, 4) is 0 Å². The Morgan fingerprint density at radius 1 is 1.19 bits per heavy atom. The largest absolute Gasteiger partial charge is 0.319 e. The van der Waals surface area contributed by atoms with E-state index in [2.05, 4.69) is 50.0 Å². The Bertz CT molecular complexity index is 458. The van der Waals surface area contributed by atoms with Gasteiger partial charge in [-0.05, 0) is 31.2 Å². The van der Waals surface area contributed by atoms with Crippen molar-refractivity contribution < 1.29 is 4.79 Å². The van der Waals surface area contributed by atoms with Gasteiger partial charge in [0.1, 0.15) is 6.17 Å². The van der Waals surface area contributed by atoms with Crippen LogP contribution >= 0.6 is 0 Å². The lowest BCUT2D eigenvalue weighted by Crippen LogP contribution is -2.38. The monoisotopic (exact) mass is 288 g/mol. The van der Waals surface area contributed by atoms with Crippen LogP contribution in [0.3, 0.4) is 0 Å². The zero-order valence-electron chi connectivity index (χ0n) is 13.7. The third kappa shape index (κ3) is 3.65. The molecule has 3 heteroatoms. The van der Waals surface area contributed by atoms with E-state index < -0.39 is 0 Å². The number of nitrogens with zero attached hydrogens (tertiary/aromatic N) is 1. The highest BCUT2D eigenvalue weighted by Gasteiger charge is 2.41. The van der Waals surface area contributed by atoms with Crippen LogP contribution in [0, 0.1) is 5.92 Å². The Balaban J connectivity index is 2.25. The molecule has 2 rings (SSSR count). The van der Waals surface area contributed by atoms with Gasteiger partial charge in [-0.1, -0.05) is 57.5 Å². The van der Waals surface area contributed by atoms with E-state index in [9.17, 15) is 4.79 Å². The lowest BCUT2D eigenvalue weighted by atomic mass is 10.0. The molecule has 3 atom stereocenters. The maximum atomic E-state index is 12.8. The molecule has 1 aromatic rings. The Morgan fingerprint density at radius 2 is 1.86 bits per heavy atom. The molecule has 0 aromatic heterocycles. The fourth-order valence-electron chi connectivity index (χ4n) is 3.21. The summed E-state index contributed by atoms with van der Waals surface area (Å²) >= 11 is 0. The van der Waals surface area contributed by atoms with Gasteiger partial charge in [0, 0.05) is 6.04 Å². The number of benzene rings is 1. The Morgan fingerprint density at radius 3 is 2.43 bits per heavy atom.